The van der Waals surface area contributed by atoms with Crippen molar-refractivity contribution >= 4 is 0 Å². The lowest BCUT2D eigenvalue weighted by molar-refractivity contribution is 0.0720. The number of furan rings is 1. The molecule has 1 aromatic heterocycles. The average Bonchev–Trinajstić information content (AvgIpc) is 2.58. The van der Waals surface area contributed by atoms with E-state index in [1.165, 1.54) is 0 Å². The molecule has 0 saturated carbocycles. The maximum atomic E-state index is 10.1. The molecule has 0 saturated heterocycles. The van der Waals surface area contributed by atoms with E-state index in [1.54, 1.807) is 12.5 Å². The van der Waals surface area contributed by atoms with Crippen molar-refractivity contribution in [3.8, 4) is 0 Å². The zero-order valence-electron chi connectivity index (χ0n) is 6.86. The lowest BCUT2D eigenvalue weighted by atomic mass is 9.86. The Morgan fingerprint density at radius 3 is 3.00 bits per heavy atom. The third-order valence-electron chi connectivity index (χ3n) is 2.34. The fourth-order valence-corrected chi connectivity index (χ4v) is 1.60. The van der Waals surface area contributed by atoms with Crippen molar-refractivity contribution in [1.29, 1.82) is 0 Å². The Balaban J connectivity index is 2.31. The summed E-state index contributed by atoms with van der Waals surface area (Å²) in [5.74, 6) is 0. The van der Waals surface area contributed by atoms with Crippen molar-refractivity contribution in [2.45, 2.75) is 24.9 Å². The highest BCUT2D eigenvalue weighted by atomic mass is 16.3. The van der Waals surface area contributed by atoms with Gasteiger partial charge in [0.25, 0.3) is 0 Å². The van der Waals surface area contributed by atoms with Gasteiger partial charge in [0, 0.05) is 5.56 Å². The molecule has 0 amide bonds. The summed E-state index contributed by atoms with van der Waals surface area (Å²) in [6.45, 7) is 0. The SMILES string of the molecule is OC1(c2ccoc2)C=CCCC1. The third kappa shape index (κ3) is 1.18. The predicted molar refractivity (Wildman–Crippen MR) is 45.6 cm³/mol. The Labute approximate surface area is 71.5 Å². The Bertz CT molecular complexity index is 274. The molecule has 1 aliphatic carbocycles. The van der Waals surface area contributed by atoms with E-state index in [2.05, 4.69) is 0 Å². The molecule has 0 aromatic carbocycles. The smallest absolute Gasteiger partial charge is 0.111 e. The zero-order valence-corrected chi connectivity index (χ0v) is 6.86. The Morgan fingerprint density at radius 1 is 1.50 bits per heavy atom. The highest BCUT2D eigenvalue weighted by molar-refractivity contribution is 5.24. The van der Waals surface area contributed by atoms with Crippen LogP contribution in [-0.4, -0.2) is 5.11 Å². The molecule has 0 radical (unpaired) electrons. The first-order valence-corrected chi connectivity index (χ1v) is 4.24. The number of hydrogen-bond donors (Lipinski definition) is 1. The maximum Gasteiger partial charge on any atom is 0.111 e. The molecule has 0 aliphatic heterocycles. The summed E-state index contributed by atoms with van der Waals surface area (Å²) in [6.07, 6.45) is 9.99. The number of allylic oxidation sites excluding steroid dienone is 1. The van der Waals surface area contributed by atoms with Gasteiger partial charge in [0.05, 0.1) is 12.5 Å². The number of rotatable bonds is 1. The van der Waals surface area contributed by atoms with Gasteiger partial charge >= 0.3 is 0 Å². The molecule has 1 N–H and O–H groups in total. The first kappa shape index (κ1) is 7.62. The van der Waals surface area contributed by atoms with Crippen molar-refractivity contribution in [1.82, 2.24) is 0 Å². The van der Waals surface area contributed by atoms with Gasteiger partial charge in [-0.2, -0.15) is 0 Å². The molecule has 64 valence electrons. The lowest BCUT2D eigenvalue weighted by Crippen LogP contribution is -2.23. The summed E-state index contributed by atoms with van der Waals surface area (Å²) in [4.78, 5) is 0. The van der Waals surface area contributed by atoms with E-state index in [9.17, 15) is 5.11 Å². The zero-order chi connectivity index (χ0) is 8.44. The van der Waals surface area contributed by atoms with E-state index in [4.69, 9.17) is 4.42 Å². The third-order valence-corrected chi connectivity index (χ3v) is 2.34. The van der Waals surface area contributed by atoms with Gasteiger partial charge in [0.15, 0.2) is 0 Å². The summed E-state index contributed by atoms with van der Waals surface area (Å²) >= 11 is 0. The highest BCUT2D eigenvalue weighted by Crippen LogP contribution is 2.32. The second-order valence-corrected chi connectivity index (χ2v) is 3.23. The molecule has 2 rings (SSSR count). The largest absolute Gasteiger partial charge is 0.472 e. The van der Waals surface area contributed by atoms with E-state index < -0.39 is 5.60 Å². The molecule has 1 atom stereocenters. The van der Waals surface area contributed by atoms with E-state index >= 15 is 0 Å². The van der Waals surface area contributed by atoms with Crippen LogP contribution in [-0.2, 0) is 5.60 Å². The van der Waals surface area contributed by atoms with E-state index in [0.717, 1.165) is 24.8 Å². The van der Waals surface area contributed by atoms with Crippen LogP contribution in [0.5, 0.6) is 0 Å². The van der Waals surface area contributed by atoms with E-state index in [0.29, 0.717) is 0 Å². The van der Waals surface area contributed by atoms with Crippen LogP contribution >= 0.6 is 0 Å². The second-order valence-electron chi connectivity index (χ2n) is 3.23. The maximum absolute atomic E-state index is 10.1. The summed E-state index contributed by atoms with van der Waals surface area (Å²) < 4.78 is 4.94. The summed E-state index contributed by atoms with van der Waals surface area (Å²) in [7, 11) is 0. The molecular weight excluding hydrogens is 152 g/mol. The highest BCUT2D eigenvalue weighted by Gasteiger charge is 2.28. The molecule has 1 heterocycles. The molecule has 1 aromatic rings. The molecule has 2 nitrogen and oxygen atoms in total. The van der Waals surface area contributed by atoms with Crippen LogP contribution in [0.4, 0.5) is 0 Å². The minimum Gasteiger partial charge on any atom is -0.472 e. The fourth-order valence-electron chi connectivity index (χ4n) is 1.60. The first-order chi connectivity index (χ1) is 5.81. The first-order valence-electron chi connectivity index (χ1n) is 4.24. The summed E-state index contributed by atoms with van der Waals surface area (Å²) in [5, 5.41) is 10.1. The van der Waals surface area contributed by atoms with Gasteiger partial charge in [-0.25, -0.2) is 0 Å². The summed E-state index contributed by atoms with van der Waals surface area (Å²) in [6, 6.07) is 1.82. The topological polar surface area (TPSA) is 33.4 Å². The van der Waals surface area contributed by atoms with Crippen LogP contribution in [0, 0.1) is 0 Å². The second kappa shape index (κ2) is 2.79. The van der Waals surface area contributed by atoms with Crippen molar-refractivity contribution < 1.29 is 9.52 Å². The van der Waals surface area contributed by atoms with Crippen molar-refractivity contribution in [3.05, 3.63) is 36.3 Å². The molecule has 0 fully saturated rings. The van der Waals surface area contributed by atoms with Gasteiger partial charge in [0.1, 0.15) is 5.60 Å². The Morgan fingerprint density at radius 2 is 2.42 bits per heavy atom. The lowest BCUT2D eigenvalue weighted by Gasteiger charge is -2.25. The number of aliphatic hydroxyl groups is 1. The monoisotopic (exact) mass is 164 g/mol. The van der Waals surface area contributed by atoms with Gasteiger partial charge < -0.3 is 9.52 Å². The standard InChI is InChI=1S/C10H12O2/c11-10(5-2-1-3-6-10)9-4-7-12-8-9/h2,4-5,7-8,11H,1,3,6H2. The average molecular weight is 164 g/mol. The number of hydrogen-bond acceptors (Lipinski definition) is 2. The molecule has 1 aliphatic rings. The minimum atomic E-state index is -0.773. The van der Waals surface area contributed by atoms with Crippen LogP contribution in [0.1, 0.15) is 24.8 Å². The van der Waals surface area contributed by atoms with Gasteiger partial charge in [-0.05, 0) is 25.3 Å². The van der Waals surface area contributed by atoms with Crippen molar-refractivity contribution in [2.24, 2.45) is 0 Å². The molecule has 0 bridgehead atoms. The van der Waals surface area contributed by atoms with E-state index in [-0.39, 0.29) is 0 Å². The van der Waals surface area contributed by atoms with Crippen LogP contribution in [0.25, 0.3) is 0 Å². The molecule has 0 spiro atoms. The van der Waals surface area contributed by atoms with Crippen LogP contribution in [0.2, 0.25) is 0 Å². The van der Waals surface area contributed by atoms with Gasteiger partial charge in [-0.15, -0.1) is 0 Å². The quantitative estimate of drug-likeness (QED) is 0.645. The molecule has 12 heavy (non-hydrogen) atoms. The normalized spacial score (nSPS) is 29.1. The molecule has 1 unspecified atom stereocenters. The van der Waals surface area contributed by atoms with Crippen molar-refractivity contribution in [3.63, 3.8) is 0 Å². The predicted octanol–water partition coefficient (Wildman–Crippen LogP) is 2.21. The summed E-state index contributed by atoms with van der Waals surface area (Å²) in [5.41, 5.74) is 0.0871. The Kier molecular flexibility index (Phi) is 1.77. The Hall–Kier alpha value is -1.02. The van der Waals surface area contributed by atoms with Crippen LogP contribution < -0.4 is 0 Å². The van der Waals surface area contributed by atoms with Gasteiger partial charge in [0.2, 0.25) is 0 Å². The fraction of sp³-hybridized carbons (Fsp3) is 0.400. The van der Waals surface area contributed by atoms with Crippen LogP contribution in [0.15, 0.2) is 35.2 Å². The van der Waals surface area contributed by atoms with Crippen molar-refractivity contribution in [2.75, 3.05) is 0 Å². The molecule has 2 heteroatoms. The van der Waals surface area contributed by atoms with Gasteiger partial charge in [-0.3, -0.25) is 0 Å². The van der Waals surface area contributed by atoms with Crippen LogP contribution in [0.3, 0.4) is 0 Å². The van der Waals surface area contributed by atoms with Gasteiger partial charge in [-0.1, -0.05) is 12.2 Å². The molecular formula is C10H12O2. The minimum absolute atomic E-state index is 0.773. The van der Waals surface area contributed by atoms with E-state index in [1.807, 2.05) is 18.2 Å².